The molecule has 0 spiro atoms. The Labute approximate surface area is 122 Å². The molecular formula is C13H9BrClFN2O. The first-order chi connectivity index (χ1) is 8.97. The van der Waals surface area contributed by atoms with Crippen molar-refractivity contribution in [2.45, 2.75) is 0 Å². The molecule has 3 N–H and O–H groups in total. The SMILES string of the molecule is N=C(N)c1ccc(Br)cc1Oc1ccc(F)c(Cl)c1. The summed E-state index contributed by atoms with van der Waals surface area (Å²) in [5, 5.41) is 7.45. The van der Waals surface area contributed by atoms with Crippen molar-refractivity contribution in [3.63, 3.8) is 0 Å². The molecule has 0 amide bonds. The number of ether oxygens (including phenoxy) is 1. The van der Waals surface area contributed by atoms with Gasteiger partial charge in [-0.1, -0.05) is 27.5 Å². The number of rotatable bonds is 3. The third kappa shape index (κ3) is 3.24. The number of halogens is 3. The maximum absolute atomic E-state index is 13.1. The first-order valence-electron chi connectivity index (χ1n) is 5.24. The van der Waals surface area contributed by atoms with E-state index in [0.717, 1.165) is 4.47 Å². The summed E-state index contributed by atoms with van der Waals surface area (Å²) in [6.45, 7) is 0. The molecule has 0 radical (unpaired) electrons. The van der Waals surface area contributed by atoms with E-state index in [4.69, 9.17) is 27.5 Å². The van der Waals surface area contributed by atoms with Crippen LogP contribution in [0.3, 0.4) is 0 Å². The van der Waals surface area contributed by atoms with E-state index in [9.17, 15) is 4.39 Å². The molecule has 6 heteroatoms. The molecule has 3 nitrogen and oxygen atoms in total. The molecule has 0 heterocycles. The number of benzene rings is 2. The molecular weight excluding hydrogens is 335 g/mol. The molecule has 2 aromatic rings. The number of nitrogens with two attached hydrogens (primary N) is 1. The molecule has 0 aliphatic rings. The number of nitrogens with one attached hydrogen (secondary N) is 1. The fourth-order valence-corrected chi connectivity index (χ4v) is 1.98. The second kappa shape index (κ2) is 5.59. The standard InChI is InChI=1S/C13H9BrClFN2O/c14-7-1-3-9(13(17)18)12(5-7)19-8-2-4-11(16)10(15)6-8/h1-6H,(H3,17,18). The molecule has 0 saturated carbocycles. The van der Waals surface area contributed by atoms with Gasteiger partial charge in [0.05, 0.1) is 10.6 Å². The Kier molecular flexibility index (Phi) is 4.07. The summed E-state index contributed by atoms with van der Waals surface area (Å²) in [5.41, 5.74) is 5.92. The van der Waals surface area contributed by atoms with Crippen molar-refractivity contribution in [3.8, 4) is 11.5 Å². The van der Waals surface area contributed by atoms with Gasteiger partial charge >= 0.3 is 0 Å². The summed E-state index contributed by atoms with van der Waals surface area (Å²) in [6.07, 6.45) is 0. The first-order valence-corrected chi connectivity index (χ1v) is 6.41. The molecule has 0 fully saturated rings. The van der Waals surface area contributed by atoms with Gasteiger partial charge in [0.25, 0.3) is 0 Å². The van der Waals surface area contributed by atoms with E-state index < -0.39 is 5.82 Å². The molecule has 0 aliphatic heterocycles. The van der Waals surface area contributed by atoms with Crippen LogP contribution in [-0.4, -0.2) is 5.84 Å². The summed E-state index contributed by atoms with van der Waals surface area (Å²) in [7, 11) is 0. The summed E-state index contributed by atoms with van der Waals surface area (Å²) >= 11 is 8.99. The largest absolute Gasteiger partial charge is 0.457 e. The lowest BCUT2D eigenvalue weighted by Gasteiger charge is -2.11. The van der Waals surface area contributed by atoms with E-state index >= 15 is 0 Å². The van der Waals surface area contributed by atoms with Crippen LogP contribution in [0.1, 0.15) is 5.56 Å². The fraction of sp³-hybridized carbons (Fsp3) is 0. The Hall–Kier alpha value is -1.59. The zero-order valence-corrected chi connectivity index (χ0v) is 11.9. The van der Waals surface area contributed by atoms with Crippen molar-refractivity contribution in [1.29, 1.82) is 5.41 Å². The average Bonchev–Trinajstić information content (AvgIpc) is 2.33. The molecule has 2 aromatic carbocycles. The van der Waals surface area contributed by atoms with Gasteiger partial charge in [0.2, 0.25) is 0 Å². The molecule has 0 atom stereocenters. The fourth-order valence-electron chi connectivity index (χ4n) is 1.47. The van der Waals surface area contributed by atoms with Crippen molar-refractivity contribution in [2.24, 2.45) is 5.73 Å². The van der Waals surface area contributed by atoms with Crippen LogP contribution in [0, 0.1) is 11.2 Å². The second-order valence-corrected chi connectivity index (χ2v) is 5.06. The summed E-state index contributed by atoms with van der Waals surface area (Å²) in [4.78, 5) is 0. The lowest BCUT2D eigenvalue weighted by atomic mass is 10.2. The third-order valence-corrected chi connectivity index (χ3v) is 3.14. The van der Waals surface area contributed by atoms with E-state index in [-0.39, 0.29) is 10.9 Å². The predicted molar refractivity (Wildman–Crippen MR) is 76.6 cm³/mol. The number of hydrogen-bond donors (Lipinski definition) is 2. The molecule has 98 valence electrons. The summed E-state index contributed by atoms with van der Waals surface area (Å²) < 4.78 is 19.4. The highest BCUT2D eigenvalue weighted by Crippen LogP contribution is 2.30. The van der Waals surface area contributed by atoms with E-state index in [1.165, 1.54) is 18.2 Å². The zero-order chi connectivity index (χ0) is 14.0. The third-order valence-electron chi connectivity index (χ3n) is 2.35. The van der Waals surface area contributed by atoms with Crippen molar-refractivity contribution < 1.29 is 9.13 Å². The smallest absolute Gasteiger partial charge is 0.142 e. The van der Waals surface area contributed by atoms with Crippen molar-refractivity contribution in [1.82, 2.24) is 0 Å². The van der Waals surface area contributed by atoms with Crippen molar-refractivity contribution >= 4 is 33.4 Å². The second-order valence-electron chi connectivity index (χ2n) is 3.73. The molecule has 0 aromatic heterocycles. The van der Waals surface area contributed by atoms with Gasteiger partial charge in [-0.3, -0.25) is 5.41 Å². The quantitative estimate of drug-likeness (QED) is 0.644. The van der Waals surface area contributed by atoms with E-state index in [0.29, 0.717) is 17.1 Å². The van der Waals surface area contributed by atoms with Crippen LogP contribution >= 0.6 is 27.5 Å². The Bertz CT molecular complexity index is 649. The molecule has 19 heavy (non-hydrogen) atoms. The summed E-state index contributed by atoms with van der Waals surface area (Å²) in [5.74, 6) is 0.127. The van der Waals surface area contributed by atoms with Gasteiger partial charge in [0.15, 0.2) is 0 Å². The maximum Gasteiger partial charge on any atom is 0.142 e. The van der Waals surface area contributed by atoms with Crippen molar-refractivity contribution in [3.05, 3.63) is 57.3 Å². The molecule has 0 unspecified atom stereocenters. The van der Waals surface area contributed by atoms with Crippen LogP contribution in [0.5, 0.6) is 11.5 Å². The minimum absolute atomic E-state index is 0.0307. The predicted octanol–water partition coefficient (Wildman–Crippen LogP) is 4.32. The van der Waals surface area contributed by atoms with Gasteiger partial charge in [-0.25, -0.2) is 4.39 Å². The molecule has 0 saturated heterocycles. The van der Waals surface area contributed by atoms with E-state index in [2.05, 4.69) is 15.9 Å². The van der Waals surface area contributed by atoms with Gasteiger partial charge in [-0.15, -0.1) is 0 Å². The highest BCUT2D eigenvalue weighted by Gasteiger charge is 2.10. The highest BCUT2D eigenvalue weighted by molar-refractivity contribution is 9.10. The Morgan fingerprint density at radius 3 is 2.63 bits per heavy atom. The maximum atomic E-state index is 13.1. The number of amidine groups is 1. The Morgan fingerprint density at radius 1 is 1.26 bits per heavy atom. The van der Waals surface area contributed by atoms with E-state index in [1.54, 1.807) is 18.2 Å². The summed E-state index contributed by atoms with van der Waals surface area (Å²) in [6, 6.07) is 9.11. The van der Waals surface area contributed by atoms with Crippen LogP contribution < -0.4 is 10.5 Å². The molecule has 0 aliphatic carbocycles. The van der Waals surface area contributed by atoms with Gasteiger partial charge in [0.1, 0.15) is 23.2 Å². The normalized spacial score (nSPS) is 10.3. The van der Waals surface area contributed by atoms with Crippen molar-refractivity contribution in [2.75, 3.05) is 0 Å². The van der Waals surface area contributed by atoms with E-state index in [1.807, 2.05) is 0 Å². The van der Waals surface area contributed by atoms with Crippen LogP contribution in [0.4, 0.5) is 4.39 Å². The molecule has 0 bridgehead atoms. The average molecular weight is 344 g/mol. The minimum Gasteiger partial charge on any atom is -0.457 e. The lowest BCUT2D eigenvalue weighted by Crippen LogP contribution is -2.12. The monoisotopic (exact) mass is 342 g/mol. The highest BCUT2D eigenvalue weighted by atomic mass is 79.9. The van der Waals surface area contributed by atoms with Gasteiger partial charge in [-0.05, 0) is 30.3 Å². The van der Waals surface area contributed by atoms with Gasteiger partial charge < -0.3 is 10.5 Å². The zero-order valence-electron chi connectivity index (χ0n) is 9.58. The number of hydrogen-bond acceptors (Lipinski definition) is 2. The topological polar surface area (TPSA) is 59.1 Å². The lowest BCUT2D eigenvalue weighted by molar-refractivity contribution is 0.479. The minimum atomic E-state index is -0.518. The van der Waals surface area contributed by atoms with Gasteiger partial charge in [-0.2, -0.15) is 0 Å². The molecule has 2 rings (SSSR count). The van der Waals surface area contributed by atoms with Crippen LogP contribution in [0.2, 0.25) is 5.02 Å². The first kappa shape index (κ1) is 13.8. The Morgan fingerprint density at radius 2 is 2.00 bits per heavy atom. The number of nitrogen functional groups attached to an aromatic ring is 1. The van der Waals surface area contributed by atoms with Crippen LogP contribution in [-0.2, 0) is 0 Å². The Balaban J connectivity index is 2.39. The van der Waals surface area contributed by atoms with Crippen LogP contribution in [0.15, 0.2) is 40.9 Å². The van der Waals surface area contributed by atoms with Crippen LogP contribution in [0.25, 0.3) is 0 Å². The van der Waals surface area contributed by atoms with Gasteiger partial charge in [0, 0.05) is 10.5 Å².